The molecule has 0 unspecified atom stereocenters. The lowest BCUT2D eigenvalue weighted by atomic mass is 9.93. The van der Waals surface area contributed by atoms with E-state index in [0.29, 0.717) is 11.6 Å². The molecule has 0 aliphatic carbocycles. The average molecular weight is 290 g/mol. The van der Waals surface area contributed by atoms with E-state index < -0.39 is 0 Å². The van der Waals surface area contributed by atoms with Gasteiger partial charge < -0.3 is 4.90 Å². The molecule has 0 bridgehead atoms. The summed E-state index contributed by atoms with van der Waals surface area (Å²) in [5, 5.41) is 7.26. The highest BCUT2D eigenvalue weighted by Crippen LogP contribution is 2.27. The van der Waals surface area contributed by atoms with Crippen molar-refractivity contribution >= 4 is 17.2 Å². The molecule has 1 aliphatic heterocycles. The number of aryl methyl sites for hydroxylation is 2. The van der Waals surface area contributed by atoms with Crippen molar-refractivity contribution < 1.29 is 4.79 Å². The number of piperidine rings is 1. The maximum absolute atomic E-state index is 12.3. The quantitative estimate of drug-likeness (QED) is 0.852. The smallest absolute Gasteiger partial charge is 0.273 e. The summed E-state index contributed by atoms with van der Waals surface area (Å²) in [6, 6.07) is 2.08. The maximum atomic E-state index is 12.3. The molecule has 0 aromatic carbocycles. The van der Waals surface area contributed by atoms with Gasteiger partial charge in [0.15, 0.2) is 0 Å². The highest BCUT2D eigenvalue weighted by Gasteiger charge is 2.26. The molecule has 0 saturated carbocycles. The summed E-state index contributed by atoms with van der Waals surface area (Å²) in [7, 11) is 1.94. The topological polar surface area (TPSA) is 51.0 Å². The van der Waals surface area contributed by atoms with Gasteiger partial charge in [0.1, 0.15) is 5.69 Å². The first-order chi connectivity index (χ1) is 9.63. The number of amides is 1. The Bertz CT molecular complexity index is 610. The van der Waals surface area contributed by atoms with E-state index in [9.17, 15) is 4.79 Å². The lowest BCUT2D eigenvalue weighted by molar-refractivity contribution is 0.0706. The van der Waals surface area contributed by atoms with E-state index in [1.807, 2.05) is 35.1 Å². The van der Waals surface area contributed by atoms with E-state index in [1.165, 1.54) is 11.3 Å². The standard InChI is InChI=1S/C14H18N4OS/c1-10-15-13(9-20-10)14(19)18-7-3-11(4-8-18)12-5-6-17(2)16-12/h5-6,9,11H,3-4,7-8H2,1-2H3. The Hall–Kier alpha value is -1.69. The van der Waals surface area contributed by atoms with E-state index in [0.717, 1.165) is 36.6 Å². The molecule has 1 fully saturated rings. The van der Waals surface area contributed by atoms with Crippen LogP contribution in [0, 0.1) is 6.92 Å². The molecule has 0 radical (unpaired) electrons. The van der Waals surface area contributed by atoms with Crippen molar-refractivity contribution in [1.29, 1.82) is 0 Å². The summed E-state index contributed by atoms with van der Waals surface area (Å²) in [5.41, 5.74) is 1.73. The van der Waals surface area contributed by atoms with Gasteiger partial charge in [0, 0.05) is 37.6 Å². The molecule has 0 spiro atoms. The number of thiazole rings is 1. The molecule has 5 nitrogen and oxygen atoms in total. The van der Waals surface area contributed by atoms with E-state index >= 15 is 0 Å². The molecule has 2 aromatic heterocycles. The first-order valence-corrected chi connectivity index (χ1v) is 7.72. The minimum Gasteiger partial charge on any atom is -0.337 e. The van der Waals surface area contributed by atoms with Crippen molar-refractivity contribution in [3.8, 4) is 0 Å². The molecular weight excluding hydrogens is 272 g/mol. The average Bonchev–Trinajstić information content (AvgIpc) is 3.07. The third-order valence-electron chi connectivity index (χ3n) is 3.77. The fourth-order valence-electron chi connectivity index (χ4n) is 2.65. The maximum Gasteiger partial charge on any atom is 0.273 e. The van der Waals surface area contributed by atoms with Gasteiger partial charge in [0.2, 0.25) is 0 Å². The number of carbonyl (C=O) groups excluding carboxylic acids is 1. The highest BCUT2D eigenvalue weighted by molar-refractivity contribution is 7.09. The van der Waals surface area contributed by atoms with Gasteiger partial charge in [0.25, 0.3) is 5.91 Å². The van der Waals surface area contributed by atoms with Crippen LogP contribution in [0.4, 0.5) is 0 Å². The second-order valence-electron chi connectivity index (χ2n) is 5.23. The van der Waals surface area contributed by atoms with Crippen LogP contribution in [0.2, 0.25) is 0 Å². The van der Waals surface area contributed by atoms with Gasteiger partial charge in [-0.2, -0.15) is 5.10 Å². The summed E-state index contributed by atoms with van der Waals surface area (Å²) < 4.78 is 1.84. The molecule has 1 aliphatic rings. The fourth-order valence-corrected chi connectivity index (χ4v) is 3.24. The van der Waals surface area contributed by atoms with Crippen molar-refractivity contribution in [2.24, 2.45) is 7.05 Å². The Morgan fingerprint density at radius 2 is 2.15 bits per heavy atom. The zero-order valence-corrected chi connectivity index (χ0v) is 12.6. The molecule has 0 N–H and O–H groups in total. The van der Waals surface area contributed by atoms with Crippen molar-refractivity contribution in [3.63, 3.8) is 0 Å². The van der Waals surface area contributed by atoms with Gasteiger partial charge in [-0.3, -0.25) is 9.48 Å². The summed E-state index contributed by atoms with van der Waals surface area (Å²) in [5.74, 6) is 0.534. The van der Waals surface area contributed by atoms with Gasteiger partial charge in [-0.15, -0.1) is 11.3 Å². The van der Waals surface area contributed by atoms with E-state index in [2.05, 4.69) is 16.1 Å². The highest BCUT2D eigenvalue weighted by atomic mass is 32.1. The molecule has 3 rings (SSSR count). The molecule has 106 valence electrons. The van der Waals surface area contributed by atoms with E-state index in [-0.39, 0.29) is 5.91 Å². The molecule has 20 heavy (non-hydrogen) atoms. The largest absolute Gasteiger partial charge is 0.337 e. The molecule has 3 heterocycles. The monoisotopic (exact) mass is 290 g/mol. The molecule has 6 heteroatoms. The van der Waals surface area contributed by atoms with Crippen molar-refractivity contribution in [1.82, 2.24) is 19.7 Å². The lowest BCUT2D eigenvalue weighted by Crippen LogP contribution is -2.38. The van der Waals surface area contributed by atoms with Gasteiger partial charge in [-0.05, 0) is 25.8 Å². The minimum atomic E-state index is 0.0637. The van der Waals surface area contributed by atoms with Crippen LogP contribution >= 0.6 is 11.3 Å². The molecule has 0 atom stereocenters. The Morgan fingerprint density at radius 1 is 1.40 bits per heavy atom. The Balaban J connectivity index is 1.62. The lowest BCUT2D eigenvalue weighted by Gasteiger charge is -2.30. The Labute approximate surface area is 122 Å². The van der Waals surface area contributed by atoms with Crippen LogP contribution in [0.3, 0.4) is 0 Å². The molecule has 2 aromatic rings. The number of rotatable bonds is 2. The Kier molecular flexibility index (Phi) is 3.56. The number of likely N-dealkylation sites (tertiary alicyclic amines) is 1. The summed E-state index contributed by atoms with van der Waals surface area (Å²) in [4.78, 5) is 18.5. The number of hydrogen-bond donors (Lipinski definition) is 0. The molecule has 1 saturated heterocycles. The van der Waals surface area contributed by atoms with Crippen LogP contribution in [-0.4, -0.2) is 38.7 Å². The van der Waals surface area contributed by atoms with Crippen LogP contribution in [0.25, 0.3) is 0 Å². The van der Waals surface area contributed by atoms with Gasteiger partial charge >= 0.3 is 0 Å². The third kappa shape index (κ3) is 2.60. The molecular formula is C14H18N4OS. The Morgan fingerprint density at radius 3 is 2.70 bits per heavy atom. The predicted octanol–water partition coefficient (Wildman–Crippen LogP) is 2.20. The predicted molar refractivity (Wildman–Crippen MR) is 77.9 cm³/mol. The van der Waals surface area contributed by atoms with Crippen LogP contribution in [0.1, 0.15) is 39.9 Å². The second-order valence-corrected chi connectivity index (χ2v) is 6.29. The molecule has 1 amide bonds. The fraction of sp³-hybridized carbons (Fsp3) is 0.500. The van der Waals surface area contributed by atoms with Crippen molar-refractivity contribution in [2.45, 2.75) is 25.7 Å². The zero-order valence-electron chi connectivity index (χ0n) is 11.7. The van der Waals surface area contributed by atoms with Crippen LogP contribution in [-0.2, 0) is 7.05 Å². The first-order valence-electron chi connectivity index (χ1n) is 6.84. The van der Waals surface area contributed by atoms with Gasteiger partial charge in [0.05, 0.1) is 10.7 Å². The third-order valence-corrected chi connectivity index (χ3v) is 4.55. The van der Waals surface area contributed by atoms with Crippen molar-refractivity contribution in [3.05, 3.63) is 34.0 Å². The summed E-state index contributed by atoms with van der Waals surface area (Å²) in [6.45, 7) is 3.50. The normalized spacial score (nSPS) is 16.6. The van der Waals surface area contributed by atoms with E-state index in [4.69, 9.17) is 0 Å². The zero-order chi connectivity index (χ0) is 14.1. The van der Waals surface area contributed by atoms with Gasteiger partial charge in [-0.1, -0.05) is 0 Å². The van der Waals surface area contributed by atoms with Crippen LogP contribution < -0.4 is 0 Å². The minimum absolute atomic E-state index is 0.0637. The van der Waals surface area contributed by atoms with Crippen LogP contribution in [0.5, 0.6) is 0 Å². The van der Waals surface area contributed by atoms with Crippen molar-refractivity contribution in [2.75, 3.05) is 13.1 Å². The SMILES string of the molecule is Cc1nc(C(=O)N2CCC(c3ccn(C)n3)CC2)cs1. The van der Waals surface area contributed by atoms with Gasteiger partial charge in [-0.25, -0.2) is 4.98 Å². The number of nitrogens with zero attached hydrogens (tertiary/aromatic N) is 4. The summed E-state index contributed by atoms with van der Waals surface area (Å²) in [6.07, 6.45) is 3.93. The first kappa shape index (κ1) is 13.3. The number of carbonyl (C=O) groups is 1. The second kappa shape index (κ2) is 5.36. The number of hydrogen-bond acceptors (Lipinski definition) is 4. The summed E-state index contributed by atoms with van der Waals surface area (Å²) >= 11 is 1.53. The van der Waals surface area contributed by atoms with Crippen LogP contribution in [0.15, 0.2) is 17.6 Å². The number of aromatic nitrogens is 3. The van der Waals surface area contributed by atoms with E-state index in [1.54, 1.807) is 0 Å².